The first-order chi connectivity index (χ1) is 15.5. The normalized spacial score (nSPS) is 11.4. The molecule has 0 saturated carbocycles. The number of hydrogen-bond acceptors (Lipinski definition) is 7. The first kappa shape index (κ1) is 24.6. The van der Waals surface area contributed by atoms with E-state index in [9.17, 15) is 22.4 Å². The van der Waals surface area contributed by atoms with Crippen molar-refractivity contribution in [3.8, 4) is 11.3 Å². The molecule has 0 unspecified atom stereocenters. The molecule has 0 atom stereocenters. The molecule has 0 aliphatic heterocycles. The Morgan fingerprint density at radius 1 is 1.33 bits per heavy atom. The van der Waals surface area contributed by atoms with Crippen molar-refractivity contribution in [2.24, 2.45) is 5.73 Å². The number of unbranched alkanes of at least 4 members (excludes halogenated alkanes) is 1. The molecule has 0 spiro atoms. The Hall–Kier alpha value is -3.00. The Morgan fingerprint density at radius 2 is 2.00 bits per heavy atom. The summed E-state index contributed by atoms with van der Waals surface area (Å²) in [5.41, 5.74) is 5.09. The van der Waals surface area contributed by atoms with Crippen LogP contribution in [0.3, 0.4) is 0 Å². The van der Waals surface area contributed by atoms with Gasteiger partial charge < -0.3 is 14.9 Å². The van der Waals surface area contributed by atoms with E-state index < -0.39 is 27.9 Å². The molecule has 33 heavy (non-hydrogen) atoms. The summed E-state index contributed by atoms with van der Waals surface area (Å²) >= 11 is 1.89. The van der Waals surface area contributed by atoms with Gasteiger partial charge in [-0.05, 0) is 65.8 Å². The van der Waals surface area contributed by atoms with Crippen LogP contribution in [0.2, 0.25) is 0 Å². The largest absolute Gasteiger partial charge is 0.437 e. The quantitative estimate of drug-likeness (QED) is 0.137. The van der Waals surface area contributed by atoms with Crippen molar-refractivity contribution in [3.05, 3.63) is 57.9 Å². The SMILES string of the molecule is C=CCCCN(c1nc2oc(-c3ccc(F)cc3)c(C(=O)OC(N)=O)c2cc1I)S(C)(=O)=O. The number of anilines is 1. The average Bonchev–Trinajstić information content (AvgIpc) is 3.08. The second-order valence-electron chi connectivity index (χ2n) is 6.93. The fourth-order valence-corrected chi connectivity index (χ4v) is 4.92. The van der Waals surface area contributed by atoms with E-state index in [1.807, 2.05) is 22.6 Å². The zero-order chi connectivity index (χ0) is 24.3. The van der Waals surface area contributed by atoms with Crippen LogP contribution in [-0.2, 0) is 14.8 Å². The topological polar surface area (TPSA) is 133 Å². The summed E-state index contributed by atoms with van der Waals surface area (Å²) in [5, 5.41) is 0.174. The number of carbonyl (C=O) groups is 2. The third-order valence-electron chi connectivity index (χ3n) is 4.53. The van der Waals surface area contributed by atoms with Gasteiger partial charge in [0.2, 0.25) is 15.7 Å². The van der Waals surface area contributed by atoms with Crippen molar-refractivity contribution in [3.63, 3.8) is 0 Å². The first-order valence-corrected chi connectivity index (χ1v) is 12.4. The number of fused-ring (bicyclic) bond motifs is 1. The van der Waals surface area contributed by atoms with Crippen molar-refractivity contribution in [2.45, 2.75) is 12.8 Å². The fraction of sp³-hybridized carbons (Fsp3) is 0.190. The van der Waals surface area contributed by atoms with Gasteiger partial charge in [0.15, 0.2) is 11.6 Å². The molecule has 12 heteroatoms. The van der Waals surface area contributed by atoms with Crippen molar-refractivity contribution in [1.82, 2.24) is 4.98 Å². The van der Waals surface area contributed by atoms with Crippen LogP contribution >= 0.6 is 22.6 Å². The average molecular weight is 587 g/mol. The molecule has 0 saturated heterocycles. The van der Waals surface area contributed by atoms with E-state index in [0.717, 1.165) is 10.6 Å². The lowest BCUT2D eigenvalue weighted by Gasteiger charge is -2.22. The van der Waals surface area contributed by atoms with Gasteiger partial charge in [0.25, 0.3) is 0 Å². The second-order valence-corrected chi connectivity index (χ2v) is 10.0. The maximum Gasteiger partial charge on any atom is 0.412 e. The summed E-state index contributed by atoms with van der Waals surface area (Å²) < 4.78 is 50.2. The van der Waals surface area contributed by atoms with Crippen LogP contribution in [0.4, 0.5) is 15.0 Å². The Morgan fingerprint density at radius 3 is 2.58 bits per heavy atom. The molecule has 0 aliphatic carbocycles. The van der Waals surface area contributed by atoms with Gasteiger partial charge in [-0.15, -0.1) is 6.58 Å². The Labute approximate surface area is 202 Å². The smallest absolute Gasteiger partial charge is 0.412 e. The number of hydrogen-bond donors (Lipinski definition) is 1. The molecular formula is C21H19FIN3O6S. The van der Waals surface area contributed by atoms with E-state index in [2.05, 4.69) is 16.3 Å². The van der Waals surface area contributed by atoms with E-state index in [4.69, 9.17) is 10.2 Å². The number of nitrogens with zero attached hydrogens (tertiary/aromatic N) is 2. The summed E-state index contributed by atoms with van der Waals surface area (Å²) in [5.74, 6) is -1.51. The maximum absolute atomic E-state index is 13.4. The number of pyridine rings is 1. The van der Waals surface area contributed by atoms with Gasteiger partial charge in [0.1, 0.15) is 11.4 Å². The van der Waals surface area contributed by atoms with E-state index in [0.29, 0.717) is 22.0 Å². The van der Waals surface area contributed by atoms with Gasteiger partial charge in [0.05, 0.1) is 15.2 Å². The number of primary amides is 1. The van der Waals surface area contributed by atoms with Gasteiger partial charge in [-0.2, -0.15) is 4.98 Å². The number of allylic oxidation sites excluding steroid dienone is 1. The van der Waals surface area contributed by atoms with Crippen LogP contribution in [0.25, 0.3) is 22.4 Å². The number of carbonyl (C=O) groups excluding carboxylic acids is 2. The Balaban J connectivity index is 2.23. The van der Waals surface area contributed by atoms with Gasteiger partial charge in [-0.25, -0.2) is 22.4 Å². The highest BCUT2D eigenvalue weighted by Gasteiger charge is 2.29. The number of halogens is 2. The maximum atomic E-state index is 13.4. The minimum absolute atomic E-state index is 0.0331. The zero-order valence-electron chi connectivity index (χ0n) is 17.4. The highest BCUT2D eigenvalue weighted by atomic mass is 127. The molecule has 174 valence electrons. The summed E-state index contributed by atoms with van der Waals surface area (Å²) in [6, 6.07) is 6.58. The predicted molar refractivity (Wildman–Crippen MR) is 129 cm³/mol. The highest BCUT2D eigenvalue weighted by Crippen LogP contribution is 2.37. The third kappa shape index (κ3) is 5.50. The fourth-order valence-electron chi connectivity index (χ4n) is 3.12. The molecule has 0 radical (unpaired) electrons. The number of furan rings is 1. The predicted octanol–water partition coefficient (Wildman–Crippen LogP) is 4.21. The lowest BCUT2D eigenvalue weighted by molar-refractivity contribution is 0.0640. The third-order valence-corrected chi connectivity index (χ3v) is 6.48. The second kappa shape index (κ2) is 9.87. The van der Waals surface area contributed by atoms with E-state index in [-0.39, 0.29) is 34.8 Å². The number of ether oxygens (including phenoxy) is 1. The van der Waals surface area contributed by atoms with Crippen LogP contribution in [-0.4, -0.2) is 38.3 Å². The first-order valence-electron chi connectivity index (χ1n) is 9.52. The van der Waals surface area contributed by atoms with E-state index >= 15 is 0 Å². The summed E-state index contributed by atoms with van der Waals surface area (Å²) in [6.07, 6.45) is 2.54. The van der Waals surface area contributed by atoms with Crippen LogP contribution in [0.1, 0.15) is 23.2 Å². The number of rotatable bonds is 8. The number of nitrogens with two attached hydrogens (primary N) is 1. The van der Waals surface area contributed by atoms with E-state index in [1.165, 1.54) is 30.3 Å². The minimum atomic E-state index is -3.69. The van der Waals surface area contributed by atoms with Crippen molar-refractivity contribution in [2.75, 3.05) is 17.1 Å². The lowest BCUT2D eigenvalue weighted by Crippen LogP contribution is -2.32. The molecule has 2 aromatic heterocycles. The molecule has 2 N–H and O–H groups in total. The van der Waals surface area contributed by atoms with Crippen LogP contribution in [0.5, 0.6) is 0 Å². The molecule has 3 rings (SSSR count). The van der Waals surface area contributed by atoms with Gasteiger partial charge in [0, 0.05) is 12.1 Å². The molecule has 1 amide bonds. The summed E-state index contributed by atoms with van der Waals surface area (Å²) in [6.45, 7) is 3.79. The molecular weight excluding hydrogens is 568 g/mol. The number of esters is 1. The standard InChI is InChI=1S/C21H19FIN3O6S/c1-3-4-5-10-26(33(2,29)30)18-15(23)11-14-16(20(27)32-21(24)28)17(31-19(14)25-18)12-6-8-13(22)9-7-12/h3,6-9,11H,1,4-5,10H2,2H3,(H2,24,28). The summed E-state index contributed by atoms with van der Waals surface area (Å²) in [7, 11) is -3.69. The molecule has 0 fully saturated rings. The summed E-state index contributed by atoms with van der Waals surface area (Å²) in [4.78, 5) is 28.2. The molecule has 1 aromatic carbocycles. The monoisotopic (exact) mass is 587 g/mol. The molecule has 0 bridgehead atoms. The molecule has 0 aliphatic rings. The number of sulfonamides is 1. The number of amides is 1. The zero-order valence-corrected chi connectivity index (χ0v) is 20.4. The minimum Gasteiger partial charge on any atom is -0.437 e. The highest BCUT2D eigenvalue weighted by molar-refractivity contribution is 14.1. The Kier molecular flexibility index (Phi) is 7.37. The van der Waals surface area contributed by atoms with Crippen LogP contribution in [0.15, 0.2) is 47.4 Å². The van der Waals surface area contributed by atoms with Crippen molar-refractivity contribution >= 4 is 61.6 Å². The van der Waals surface area contributed by atoms with Gasteiger partial charge in [-0.3, -0.25) is 4.31 Å². The molecule has 2 heterocycles. The lowest BCUT2D eigenvalue weighted by atomic mass is 10.1. The van der Waals surface area contributed by atoms with E-state index in [1.54, 1.807) is 6.08 Å². The van der Waals surface area contributed by atoms with Gasteiger partial charge >= 0.3 is 12.1 Å². The van der Waals surface area contributed by atoms with Gasteiger partial charge in [-0.1, -0.05) is 6.08 Å². The Bertz CT molecular complexity index is 1340. The van der Waals surface area contributed by atoms with Crippen LogP contribution < -0.4 is 10.0 Å². The van der Waals surface area contributed by atoms with Crippen molar-refractivity contribution in [1.29, 1.82) is 0 Å². The van der Waals surface area contributed by atoms with Crippen molar-refractivity contribution < 1.29 is 31.6 Å². The molecule has 9 nitrogen and oxygen atoms in total. The molecule has 3 aromatic rings. The van der Waals surface area contributed by atoms with Crippen LogP contribution in [0, 0.1) is 9.39 Å². The number of aromatic nitrogens is 1. The number of benzene rings is 1.